The van der Waals surface area contributed by atoms with Crippen molar-refractivity contribution in [3.63, 3.8) is 0 Å². The van der Waals surface area contributed by atoms with Crippen LogP contribution in [0.15, 0.2) is 48.5 Å². The van der Waals surface area contributed by atoms with Crippen LogP contribution in [0.25, 0.3) is 0 Å². The molecule has 0 saturated heterocycles. The number of nitrogens with zero attached hydrogens (tertiary/aromatic N) is 1. The molecule has 0 unspecified atom stereocenters. The van der Waals surface area contributed by atoms with Crippen LogP contribution in [0.5, 0.6) is 5.75 Å². The minimum absolute atomic E-state index is 0.703. The van der Waals surface area contributed by atoms with Crippen molar-refractivity contribution >= 4 is 5.69 Å². The summed E-state index contributed by atoms with van der Waals surface area (Å²) in [7, 11) is 0. The zero-order valence-electron chi connectivity index (χ0n) is 12.6. The molecule has 2 heteroatoms. The number of para-hydroxylation sites is 2. The number of ether oxygens (including phenoxy) is 1. The van der Waals surface area contributed by atoms with E-state index in [9.17, 15) is 0 Å². The summed E-state index contributed by atoms with van der Waals surface area (Å²) < 4.78 is 5.98. The molecule has 0 aliphatic carbocycles. The Morgan fingerprint density at radius 1 is 0.900 bits per heavy atom. The summed E-state index contributed by atoms with van der Waals surface area (Å²) >= 11 is 0. The molecule has 0 heterocycles. The van der Waals surface area contributed by atoms with Crippen LogP contribution in [0.3, 0.4) is 0 Å². The smallest absolute Gasteiger partial charge is 0.125 e. The van der Waals surface area contributed by atoms with E-state index in [2.05, 4.69) is 68.1 Å². The Balaban J connectivity index is 1.95. The van der Waals surface area contributed by atoms with Crippen molar-refractivity contribution in [3.8, 4) is 5.75 Å². The predicted molar refractivity (Wildman–Crippen MR) is 85.7 cm³/mol. The number of likely N-dealkylation sites (N-methyl/N-ethyl adjacent to an activating group) is 1. The fourth-order valence-electron chi connectivity index (χ4n) is 2.39. The van der Waals surface area contributed by atoms with Crippen molar-refractivity contribution in [1.82, 2.24) is 0 Å². The second-order valence-electron chi connectivity index (χ2n) is 4.98. The first kappa shape index (κ1) is 14.4. The molecule has 0 aliphatic rings. The maximum Gasteiger partial charge on any atom is 0.125 e. The van der Waals surface area contributed by atoms with Gasteiger partial charge in [-0.1, -0.05) is 36.4 Å². The van der Waals surface area contributed by atoms with Gasteiger partial charge in [-0.05, 0) is 44.0 Å². The number of rotatable bonds is 6. The summed E-state index contributed by atoms with van der Waals surface area (Å²) in [6, 6.07) is 16.7. The summed E-state index contributed by atoms with van der Waals surface area (Å²) in [4.78, 5) is 2.33. The Morgan fingerprint density at radius 2 is 1.55 bits per heavy atom. The molecule has 0 fully saturated rings. The van der Waals surface area contributed by atoms with E-state index in [1.807, 2.05) is 6.07 Å². The highest BCUT2D eigenvalue weighted by Gasteiger charge is 2.06. The highest BCUT2D eigenvalue weighted by atomic mass is 16.5. The van der Waals surface area contributed by atoms with Gasteiger partial charge in [-0.15, -0.1) is 0 Å². The van der Waals surface area contributed by atoms with Gasteiger partial charge in [0.2, 0.25) is 0 Å². The van der Waals surface area contributed by atoms with Crippen LogP contribution >= 0.6 is 0 Å². The van der Waals surface area contributed by atoms with E-state index in [1.54, 1.807) is 0 Å². The van der Waals surface area contributed by atoms with Gasteiger partial charge in [0, 0.05) is 12.2 Å². The summed E-state index contributed by atoms with van der Waals surface area (Å²) in [5.41, 5.74) is 3.65. The van der Waals surface area contributed by atoms with Crippen molar-refractivity contribution in [2.45, 2.75) is 20.8 Å². The van der Waals surface area contributed by atoms with Gasteiger partial charge in [0.05, 0.1) is 6.54 Å². The molecular formula is C18H23NO. The third kappa shape index (κ3) is 3.53. The van der Waals surface area contributed by atoms with E-state index >= 15 is 0 Å². The molecule has 2 nitrogen and oxygen atoms in total. The van der Waals surface area contributed by atoms with Gasteiger partial charge in [-0.3, -0.25) is 0 Å². The molecule has 0 spiro atoms. The number of benzene rings is 2. The van der Waals surface area contributed by atoms with Gasteiger partial charge in [0.1, 0.15) is 12.4 Å². The lowest BCUT2D eigenvalue weighted by Gasteiger charge is -2.23. The van der Waals surface area contributed by atoms with Crippen LogP contribution in [-0.4, -0.2) is 19.7 Å². The second-order valence-corrected chi connectivity index (χ2v) is 4.98. The van der Waals surface area contributed by atoms with Crippen molar-refractivity contribution in [2.24, 2.45) is 0 Å². The molecule has 106 valence electrons. The van der Waals surface area contributed by atoms with Crippen LogP contribution in [0.4, 0.5) is 5.69 Å². The molecule has 20 heavy (non-hydrogen) atoms. The lowest BCUT2D eigenvalue weighted by atomic mass is 10.1. The lowest BCUT2D eigenvalue weighted by Crippen LogP contribution is -2.28. The summed E-state index contributed by atoms with van der Waals surface area (Å²) in [5.74, 6) is 1.02. The third-order valence-electron chi connectivity index (χ3n) is 3.52. The van der Waals surface area contributed by atoms with E-state index in [1.165, 1.54) is 16.8 Å². The first-order valence-electron chi connectivity index (χ1n) is 7.21. The highest BCUT2D eigenvalue weighted by Crippen LogP contribution is 2.22. The first-order valence-corrected chi connectivity index (χ1v) is 7.21. The largest absolute Gasteiger partial charge is 0.491 e. The first-order chi connectivity index (χ1) is 9.72. The Kier molecular flexibility index (Phi) is 5.05. The topological polar surface area (TPSA) is 12.5 Å². The van der Waals surface area contributed by atoms with Gasteiger partial charge in [-0.2, -0.15) is 0 Å². The summed E-state index contributed by atoms with van der Waals surface area (Å²) in [6.45, 7) is 8.95. The van der Waals surface area contributed by atoms with Crippen molar-refractivity contribution in [2.75, 3.05) is 24.6 Å². The summed E-state index contributed by atoms with van der Waals surface area (Å²) in [6.07, 6.45) is 0. The van der Waals surface area contributed by atoms with E-state index < -0.39 is 0 Å². The number of hydrogen-bond acceptors (Lipinski definition) is 2. The fourth-order valence-corrected chi connectivity index (χ4v) is 2.39. The molecule has 0 atom stereocenters. The Labute approximate surface area is 122 Å². The van der Waals surface area contributed by atoms with E-state index in [0.29, 0.717) is 6.61 Å². The maximum atomic E-state index is 5.98. The molecule has 0 saturated carbocycles. The quantitative estimate of drug-likeness (QED) is 0.779. The van der Waals surface area contributed by atoms with Gasteiger partial charge in [0.25, 0.3) is 0 Å². The van der Waals surface area contributed by atoms with Crippen LogP contribution in [-0.2, 0) is 0 Å². The predicted octanol–water partition coefficient (Wildman–Crippen LogP) is 4.21. The average molecular weight is 269 g/mol. The normalized spacial score (nSPS) is 10.3. The van der Waals surface area contributed by atoms with Crippen molar-refractivity contribution in [1.29, 1.82) is 0 Å². The molecule has 0 aromatic heterocycles. The Hall–Kier alpha value is -1.96. The minimum Gasteiger partial charge on any atom is -0.491 e. The van der Waals surface area contributed by atoms with E-state index in [4.69, 9.17) is 4.74 Å². The van der Waals surface area contributed by atoms with Gasteiger partial charge < -0.3 is 9.64 Å². The van der Waals surface area contributed by atoms with Gasteiger partial charge in [-0.25, -0.2) is 0 Å². The second kappa shape index (κ2) is 6.99. The molecule has 2 aromatic rings. The maximum absolute atomic E-state index is 5.98. The van der Waals surface area contributed by atoms with Crippen LogP contribution in [0.1, 0.15) is 18.1 Å². The minimum atomic E-state index is 0.703. The van der Waals surface area contributed by atoms with E-state index in [0.717, 1.165) is 18.8 Å². The zero-order chi connectivity index (χ0) is 14.4. The van der Waals surface area contributed by atoms with Crippen LogP contribution in [0, 0.1) is 13.8 Å². The molecule has 0 bridgehead atoms. The molecule has 0 aliphatic heterocycles. The summed E-state index contributed by atoms with van der Waals surface area (Å²) in [5, 5.41) is 0. The van der Waals surface area contributed by atoms with E-state index in [-0.39, 0.29) is 0 Å². The number of aryl methyl sites for hydroxylation is 2. The molecule has 0 radical (unpaired) electrons. The fraction of sp³-hybridized carbons (Fsp3) is 0.333. The lowest BCUT2D eigenvalue weighted by molar-refractivity contribution is 0.320. The molecule has 0 N–H and O–H groups in total. The standard InChI is InChI=1S/C18H23NO/c1-4-19(17-11-6-5-7-12-17)13-14-20-18-15(2)9-8-10-16(18)3/h5-12H,4,13-14H2,1-3H3. The zero-order valence-corrected chi connectivity index (χ0v) is 12.6. The Bertz CT molecular complexity index is 516. The van der Waals surface area contributed by atoms with Crippen LogP contribution < -0.4 is 9.64 Å². The van der Waals surface area contributed by atoms with Gasteiger partial charge >= 0.3 is 0 Å². The Morgan fingerprint density at radius 3 is 2.15 bits per heavy atom. The monoisotopic (exact) mass is 269 g/mol. The van der Waals surface area contributed by atoms with Gasteiger partial charge in [0.15, 0.2) is 0 Å². The SMILES string of the molecule is CCN(CCOc1c(C)cccc1C)c1ccccc1. The molecule has 2 aromatic carbocycles. The number of anilines is 1. The molecular weight excluding hydrogens is 246 g/mol. The van der Waals surface area contributed by atoms with Crippen molar-refractivity contribution < 1.29 is 4.74 Å². The number of hydrogen-bond donors (Lipinski definition) is 0. The van der Waals surface area contributed by atoms with Crippen molar-refractivity contribution in [3.05, 3.63) is 59.7 Å². The molecule has 0 amide bonds. The average Bonchev–Trinajstić information content (AvgIpc) is 2.47. The highest BCUT2D eigenvalue weighted by molar-refractivity contribution is 5.46. The third-order valence-corrected chi connectivity index (χ3v) is 3.52. The van der Waals surface area contributed by atoms with Crippen LogP contribution in [0.2, 0.25) is 0 Å². The molecule has 2 rings (SSSR count).